The predicted molar refractivity (Wildman–Crippen MR) is 108 cm³/mol. The van der Waals surface area contributed by atoms with Gasteiger partial charge in [-0.05, 0) is 44.9 Å². The number of aryl methyl sites for hydroxylation is 2. The summed E-state index contributed by atoms with van der Waals surface area (Å²) in [5.74, 6) is 1.58. The van der Waals surface area contributed by atoms with Crippen molar-refractivity contribution in [2.45, 2.75) is 40.7 Å². The SMILES string of the molecule is CCNC(=NCc1cc(CC)no1)NCCN(CC)c1cccc(C)c1. The Morgan fingerprint density at radius 2 is 2.04 bits per heavy atom. The van der Waals surface area contributed by atoms with Gasteiger partial charge >= 0.3 is 0 Å². The lowest BCUT2D eigenvalue weighted by Gasteiger charge is -2.24. The van der Waals surface area contributed by atoms with Gasteiger partial charge in [0.25, 0.3) is 0 Å². The highest BCUT2D eigenvalue weighted by Crippen LogP contribution is 2.15. The quantitative estimate of drug-likeness (QED) is 0.533. The van der Waals surface area contributed by atoms with Gasteiger partial charge < -0.3 is 20.1 Å². The Hall–Kier alpha value is -2.50. The van der Waals surface area contributed by atoms with Crippen LogP contribution >= 0.6 is 0 Å². The van der Waals surface area contributed by atoms with Crippen molar-refractivity contribution in [1.82, 2.24) is 15.8 Å². The topological polar surface area (TPSA) is 65.7 Å². The van der Waals surface area contributed by atoms with Gasteiger partial charge in [-0.1, -0.05) is 24.2 Å². The summed E-state index contributed by atoms with van der Waals surface area (Å²) in [7, 11) is 0. The average molecular weight is 358 g/mol. The molecule has 142 valence electrons. The van der Waals surface area contributed by atoms with Crippen LogP contribution in [0.15, 0.2) is 39.8 Å². The van der Waals surface area contributed by atoms with E-state index in [1.165, 1.54) is 11.3 Å². The molecule has 1 aromatic carbocycles. The van der Waals surface area contributed by atoms with E-state index in [0.29, 0.717) is 6.54 Å². The van der Waals surface area contributed by atoms with Gasteiger partial charge in [0, 0.05) is 37.9 Å². The monoisotopic (exact) mass is 357 g/mol. The fourth-order valence-electron chi connectivity index (χ4n) is 2.70. The van der Waals surface area contributed by atoms with E-state index in [4.69, 9.17) is 4.52 Å². The molecular weight excluding hydrogens is 326 g/mol. The molecule has 0 bridgehead atoms. The first-order chi connectivity index (χ1) is 12.7. The van der Waals surface area contributed by atoms with Crippen LogP contribution in [0.5, 0.6) is 0 Å². The number of anilines is 1. The molecule has 0 radical (unpaired) electrons. The number of guanidine groups is 1. The van der Waals surface area contributed by atoms with Crippen molar-refractivity contribution in [3.63, 3.8) is 0 Å². The van der Waals surface area contributed by atoms with E-state index in [9.17, 15) is 0 Å². The molecule has 0 aliphatic rings. The van der Waals surface area contributed by atoms with E-state index in [0.717, 1.165) is 50.0 Å². The zero-order valence-electron chi connectivity index (χ0n) is 16.4. The highest BCUT2D eigenvalue weighted by molar-refractivity contribution is 5.79. The normalized spacial score (nSPS) is 11.5. The number of benzene rings is 1. The molecule has 0 aliphatic heterocycles. The Bertz CT molecular complexity index is 695. The van der Waals surface area contributed by atoms with E-state index < -0.39 is 0 Å². The molecule has 0 amide bonds. The molecule has 0 unspecified atom stereocenters. The van der Waals surface area contributed by atoms with Gasteiger partial charge in [-0.3, -0.25) is 0 Å². The second kappa shape index (κ2) is 10.5. The summed E-state index contributed by atoms with van der Waals surface area (Å²) in [4.78, 5) is 6.94. The fraction of sp³-hybridized carbons (Fsp3) is 0.500. The first kappa shape index (κ1) is 19.8. The summed E-state index contributed by atoms with van der Waals surface area (Å²) in [5, 5.41) is 10.7. The van der Waals surface area contributed by atoms with Crippen molar-refractivity contribution in [3.8, 4) is 0 Å². The molecule has 2 N–H and O–H groups in total. The van der Waals surface area contributed by atoms with E-state index in [-0.39, 0.29) is 0 Å². The summed E-state index contributed by atoms with van der Waals surface area (Å²) in [6, 6.07) is 10.6. The molecular formula is C20H31N5O. The minimum atomic E-state index is 0.484. The van der Waals surface area contributed by atoms with Gasteiger partial charge in [-0.15, -0.1) is 0 Å². The third-order valence-corrected chi connectivity index (χ3v) is 4.13. The molecule has 6 nitrogen and oxygen atoms in total. The first-order valence-corrected chi connectivity index (χ1v) is 9.44. The molecule has 0 saturated carbocycles. The highest BCUT2D eigenvalue weighted by Gasteiger charge is 2.06. The lowest BCUT2D eigenvalue weighted by atomic mass is 10.2. The van der Waals surface area contributed by atoms with Crippen LogP contribution in [-0.4, -0.2) is 37.3 Å². The van der Waals surface area contributed by atoms with Crippen molar-refractivity contribution >= 4 is 11.6 Å². The Morgan fingerprint density at radius 3 is 2.69 bits per heavy atom. The molecule has 2 rings (SSSR count). The maximum absolute atomic E-state index is 5.29. The van der Waals surface area contributed by atoms with Gasteiger partial charge in [0.15, 0.2) is 11.7 Å². The number of aliphatic imine (C=N–C) groups is 1. The van der Waals surface area contributed by atoms with Crippen LogP contribution in [0.2, 0.25) is 0 Å². The molecule has 1 aromatic heterocycles. The molecule has 1 heterocycles. The number of rotatable bonds is 9. The van der Waals surface area contributed by atoms with Crippen molar-refractivity contribution < 1.29 is 4.52 Å². The van der Waals surface area contributed by atoms with E-state index in [2.05, 4.69) is 77.6 Å². The van der Waals surface area contributed by atoms with Gasteiger partial charge in [0.2, 0.25) is 0 Å². The van der Waals surface area contributed by atoms with Crippen LogP contribution in [0.1, 0.15) is 37.8 Å². The zero-order valence-corrected chi connectivity index (χ0v) is 16.4. The third-order valence-electron chi connectivity index (χ3n) is 4.13. The number of hydrogen-bond donors (Lipinski definition) is 2. The number of nitrogens with zero attached hydrogens (tertiary/aromatic N) is 3. The summed E-state index contributed by atoms with van der Waals surface area (Å²) in [6.45, 7) is 12.4. The predicted octanol–water partition coefficient (Wildman–Crippen LogP) is 3.13. The van der Waals surface area contributed by atoms with Crippen LogP contribution in [0.3, 0.4) is 0 Å². The summed E-state index contributed by atoms with van der Waals surface area (Å²) >= 11 is 0. The number of hydrogen-bond acceptors (Lipinski definition) is 4. The second-order valence-corrected chi connectivity index (χ2v) is 6.18. The largest absolute Gasteiger partial charge is 0.370 e. The Kier molecular flexibility index (Phi) is 7.99. The van der Waals surface area contributed by atoms with Crippen LogP contribution in [0, 0.1) is 6.92 Å². The molecule has 26 heavy (non-hydrogen) atoms. The molecule has 6 heteroatoms. The van der Waals surface area contributed by atoms with Crippen molar-refractivity contribution in [2.24, 2.45) is 4.99 Å². The standard InChI is InChI=1S/C20H31N5O/c1-5-17-14-19(26-24-17)15-23-20(21-6-2)22-11-12-25(7-3)18-10-8-9-16(4)13-18/h8-10,13-14H,5-7,11-12,15H2,1-4H3,(H2,21,22,23). The van der Waals surface area contributed by atoms with E-state index in [1.807, 2.05) is 6.07 Å². The van der Waals surface area contributed by atoms with Crippen LogP contribution in [0.25, 0.3) is 0 Å². The Balaban J connectivity index is 1.89. The smallest absolute Gasteiger partial charge is 0.191 e. The minimum absolute atomic E-state index is 0.484. The third kappa shape index (κ3) is 6.10. The minimum Gasteiger partial charge on any atom is -0.370 e. The maximum Gasteiger partial charge on any atom is 0.191 e. The molecule has 0 spiro atoms. The summed E-state index contributed by atoms with van der Waals surface area (Å²) < 4.78 is 5.29. The number of aromatic nitrogens is 1. The first-order valence-electron chi connectivity index (χ1n) is 9.44. The Labute approximate surface area is 156 Å². The van der Waals surface area contributed by atoms with Crippen molar-refractivity contribution in [1.29, 1.82) is 0 Å². The van der Waals surface area contributed by atoms with Gasteiger partial charge in [-0.2, -0.15) is 0 Å². The zero-order chi connectivity index (χ0) is 18.8. The van der Waals surface area contributed by atoms with E-state index in [1.54, 1.807) is 0 Å². The maximum atomic E-state index is 5.29. The second-order valence-electron chi connectivity index (χ2n) is 6.18. The average Bonchev–Trinajstić information content (AvgIpc) is 3.11. The Morgan fingerprint density at radius 1 is 1.19 bits per heavy atom. The van der Waals surface area contributed by atoms with Crippen LogP contribution in [-0.2, 0) is 13.0 Å². The lowest BCUT2D eigenvalue weighted by Crippen LogP contribution is -2.41. The van der Waals surface area contributed by atoms with Crippen molar-refractivity contribution in [2.75, 3.05) is 31.1 Å². The van der Waals surface area contributed by atoms with Gasteiger partial charge in [-0.25, -0.2) is 4.99 Å². The number of likely N-dealkylation sites (N-methyl/N-ethyl adjacent to an activating group) is 1. The molecule has 0 saturated heterocycles. The van der Waals surface area contributed by atoms with Gasteiger partial charge in [0.05, 0.1) is 5.69 Å². The number of nitrogens with one attached hydrogen (secondary N) is 2. The molecule has 0 atom stereocenters. The summed E-state index contributed by atoms with van der Waals surface area (Å²) in [6.07, 6.45) is 0.872. The van der Waals surface area contributed by atoms with Crippen molar-refractivity contribution in [3.05, 3.63) is 47.3 Å². The molecule has 0 aliphatic carbocycles. The molecule has 0 fully saturated rings. The van der Waals surface area contributed by atoms with Crippen LogP contribution < -0.4 is 15.5 Å². The summed E-state index contributed by atoms with van der Waals surface area (Å²) in [5.41, 5.74) is 3.50. The fourth-order valence-corrected chi connectivity index (χ4v) is 2.70. The highest BCUT2D eigenvalue weighted by atomic mass is 16.5. The van der Waals surface area contributed by atoms with Crippen LogP contribution in [0.4, 0.5) is 5.69 Å². The molecule has 2 aromatic rings. The van der Waals surface area contributed by atoms with E-state index >= 15 is 0 Å². The van der Waals surface area contributed by atoms with Gasteiger partial charge in [0.1, 0.15) is 6.54 Å². The lowest BCUT2D eigenvalue weighted by molar-refractivity contribution is 0.379.